The first-order valence-electron chi connectivity index (χ1n) is 5.97. The molecular weight excluding hydrogens is 271 g/mol. The highest BCUT2D eigenvalue weighted by molar-refractivity contribution is 5.92. The minimum atomic E-state index is -4.73. The molecule has 0 aliphatic rings. The summed E-state index contributed by atoms with van der Waals surface area (Å²) in [5.41, 5.74) is 4.34. The molecule has 0 fully saturated rings. The Hall–Kier alpha value is -2.02. The lowest BCUT2D eigenvalue weighted by molar-refractivity contribution is -0.274. The Morgan fingerprint density at radius 2 is 1.95 bits per heavy atom. The quantitative estimate of drug-likeness (QED) is 0.669. The molecule has 7 heteroatoms. The number of halogens is 3. The summed E-state index contributed by atoms with van der Waals surface area (Å²) in [5, 5.41) is 0.471. The molecule has 0 aliphatic heterocycles. The molecule has 0 amide bonds. The van der Waals surface area contributed by atoms with E-state index in [1.807, 2.05) is 13.8 Å². The third-order valence-electron chi connectivity index (χ3n) is 2.78. The molecule has 0 radical (unpaired) electrons. The van der Waals surface area contributed by atoms with Crippen molar-refractivity contribution in [3.05, 3.63) is 30.0 Å². The highest BCUT2D eigenvalue weighted by Crippen LogP contribution is 2.31. The van der Waals surface area contributed by atoms with Crippen LogP contribution in [-0.4, -0.2) is 11.3 Å². The molecule has 108 valence electrons. The number of nitrogens with one attached hydrogen (secondary N) is 1. The standard InChI is InChI=1S/C13H14F3N3O/c1-7(2)11-6-12(19-17)9-5-8(20-13(14,15)16)3-4-10(9)18-11/h3-7H,17H2,1-2H3,(H,18,19). The van der Waals surface area contributed by atoms with Crippen molar-refractivity contribution in [1.29, 1.82) is 0 Å². The molecule has 0 bridgehead atoms. The number of hydrazine groups is 1. The highest BCUT2D eigenvalue weighted by Gasteiger charge is 2.31. The molecule has 2 rings (SSSR count). The maximum atomic E-state index is 12.2. The van der Waals surface area contributed by atoms with E-state index in [9.17, 15) is 13.2 Å². The number of alkyl halides is 3. The van der Waals surface area contributed by atoms with Gasteiger partial charge >= 0.3 is 6.36 Å². The van der Waals surface area contributed by atoms with Gasteiger partial charge in [0.1, 0.15) is 5.75 Å². The molecular formula is C13H14F3N3O. The Balaban J connectivity index is 2.54. The summed E-state index contributed by atoms with van der Waals surface area (Å²) >= 11 is 0. The van der Waals surface area contributed by atoms with E-state index < -0.39 is 6.36 Å². The van der Waals surface area contributed by atoms with Gasteiger partial charge in [0.15, 0.2) is 0 Å². The van der Waals surface area contributed by atoms with E-state index in [1.165, 1.54) is 18.2 Å². The maximum absolute atomic E-state index is 12.2. The summed E-state index contributed by atoms with van der Waals surface area (Å²) in [5.74, 6) is 5.29. The first-order chi connectivity index (χ1) is 9.30. The fourth-order valence-electron chi connectivity index (χ4n) is 1.84. The summed E-state index contributed by atoms with van der Waals surface area (Å²) in [6.07, 6.45) is -4.73. The van der Waals surface area contributed by atoms with Crippen LogP contribution in [0.4, 0.5) is 18.9 Å². The molecule has 4 nitrogen and oxygen atoms in total. The lowest BCUT2D eigenvalue weighted by Crippen LogP contribution is -2.17. The van der Waals surface area contributed by atoms with Crippen LogP contribution in [0.5, 0.6) is 5.75 Å². The topological polar surface area (TPSA) is 60.2 Å². The van der Waals surface area contributed by atoms with Crippen molar-refractivity contribution in [2.45, 2.75) is 26.1 Å². The van der Waals surface area contributed by atoms with Crippen molar-refractivity contribution in [3.8, 4) is 5.75 Å². The fourth-order valence-corrected chi connectivity index (χ4v) is 1.84. The molecule has 1 aromatic carbocycles. The normalized spacial score (nSPS) is 11.9. The summed E-state index contributed by atoms with van der Waals surface area (Å²) < 4.78 is 40.5. The van der Waals surface area contributed by atoms with E-state index in [0.717, 1.165) is 5.69 Å². The molecule has 3 N–H and O–H groups in total. The average Bonchev–Trinajstić information content (AvgIpc) is 2.35. The van der Waals surface area contributed by atoms with Gasteiger partial charge < -0.3 is 10.2 Å². The summed E-state index contributed by atoms with van der Waals surface area (Å²) in [7, 11) is 0. The van der Waals surface area contributed by atoms with Crippen LogP contribution in [0.15, 0.2) is 24.3 Å². The van der Waals surface area contributed by atoms with Crippen LogP contribution in [0.25, 0.3) is 10.9 Å². The molecule has 0 saturated heterocycles. The Labute approximate surface area is 113 Å². The molecule has 0 aliphatic carbocycles. The number of aromatic nitrogens is 1. The zero-order valence-corrected chi connectivity index (χ0v) is 11.0. The van der Waals surface area contributed by atoms with Crippen LogP contribution >= 0.6 is 0 Å². The minimum absolute atomic E-state index is 0.178. The first-order valence-corrected chi connectivity index (χ1v) is 5.97. The predicted molar refractivity (Wildman–Crippen MR) is 70.3 cm³/mol. The molecule has 1 heterocycles. The van der Waals surface area contributed by atoms with E-state index in [-0.39, 0.29) is 11.7 Å². The van der Waals surface area contributed by atoms with Crippen molar-refractivity contribution in [2.24, 2.45) is 5.84 Å². The van der Waals surface area contributed by atoms with Gasteiger partial charge in [-0.1, -0.05) is 13.8 Å². The smallest absolute Gasteiger partial charge is 0.406 e. The van der Waals surface area contributed by atoms with Crippen LogP contribution in [0, 0.1) is 0 Å². The molecule has 1 aromatic heterocycles. The van der Waals surface area contributed by atoms with E-state index in [2.05, 4.69) is 15.1 Å². The highest BCUT2D eigenvalue weighted by atomic mass is 19.4. The summed E-state index contributed by atoms with van der Waals surface area (Å²) in [4.78, 5) is 4.39. The van der Waals surface area contributed by atoms with Crippen molar-refractivity contribution < 1.29 is 17.9 Å². The Bertz CT molecular complexity index is 626. The monoisotopic (exact) mass is 285 g/mol. The summed E-state index contributed by atoms with van der Waals surface area (Å²) in [6, 6.07) is 5.68. The van der Waals surface area contributed by atoms with Gasteiger partial charge in [-0.25, -0.2) is 0 Å². The molecule has 20 heavy (non-hydrogen) atoms. The van der Waals surface area contributed by atoms with Crippen LogP contribution in [0.2, 0.25) is 0 Å². The van der Waals surface area contributed by atoms with Crippen LogP contribution < -0.4 is 16.0 Å². The second kappa shape index (κ2) is 5.16. The third-order valence-corrected chi connectivity index (χ3v) is 2.78. The Morgan fingerprint density at radius 3 is 2.50 bits per heavy atom. The lowest BCUT2D eigenvalue weighted by Gasteiger charge is -2.13. The predicted octanol–water partition coefficient (Wildman–Crippen LogP) is 3.54. The van der Waals surface area contributed by atoms with Crippen molar-refractivity contribution in [3.63, 3.8) is 0 Å². The number of nitrogens with two attached hydrogens (primary N) is 1. The number of ether oxygens (including phenoxy) is 1. The average molecular weight is 285 g/mol. The number of nitrogen functional groups attached to an aromatic ring is 1. The second-order valence-corrected chi connectivity index (χ2v) is 4.62. The zero-order valence-electron chi connectivity index (χ0n) is 11.0. The van der Waals surface area contributed by atoms with Gasteiger partial charge in [0.05, 0.1) is 11.2 Å². The summed E-state index contributed by atoms with van der Waals surface area (Å²) in [6.45, 7) is 3.94. The van der Waals surface area contributed by atoms with Crippen LogP contribution in [0.1, 0.15) is 25.5 Å². The van der Waals surface area contributed by atoms with E-state index in [0.29, 0.717) is 16.6 Å². The largest absolute Gasteiger partial charge is 0.573 e. The number of anilines is 1. The second-order valence-electron chi connectivity index (χ2n) is 4.62. The number of nitrogens with zero attached hydrogens (tertiary/aromatic N) is 1. The molecule has 0 atom stereocenters. The Kier molecular flexibility index (Phi) is 3.71. The van der Waals surface area contributed by atoms with Gasteiger partial charge in [-0.05, 0) is 30.2 Å². The van der Waals surface area contributed by atoms with Gasteiger partial charge in [-0.15, -0.1) is 13.2 Å². The first kappa shape index (κ1) is 14.4. The van der Waals surface area contributed by atoms with Crippen LogP contribution in [0.3, 0.4) is 0 Å². The molecule has 0 unspecified atom stereocenters. The fraction of sp³-hybridized carbons (Fsp3) is 0.308. The zero-order chi connectivity index (χ0) is 14.9. The van der Waals surface area contributed by atoms with Gasteiger partial charge in [0, 0.05) is 11.1 Å². The number of rotatable bonds is 3. The van der Waals surface area contributed by atoms with Gasteiger partial charge in [0.2, 0.25) is 0 Å². The lowest BCUT2D eigenvalue weighted by atomic mass is 10.1. The van der Waals surface area contributed by atoms with Gasteiger partial charge in [-0.2, -0.15) is 0 Å². The van der Waals surface area contributed by atoms with Crippen LogP contribution in [-0.2, 0) is 0 Å². The maximum Gasteiger partial charge on any atom is 0.573 e. The molecule has 2 aromatic rings. The third kappa shape index (κ3) is 3.11. The number of hydrogen-bond acceptors (Lipinski definition) is 4. The van der Waals surface area contributed by atoms with E-state index >= 15 is 0 Å². The van der Waals surface area contributed by atoms with Gasteiger partial charge in [-0.3, -0.25) is 10.8 Å². The number of fused-ring (bicyclic) bond motifs is 1. The molecule has 0 spiro atoms. The van der Waals surface area contributed by atoms with Crippen molar-refractivity contribution in [2.75, 3.05) is 5.43 Å². The minimum Gasteiger partial charge on any atom is -0.406 e. The molecule has 0 saturated carbocycles. The van der Waals surface area contributed by atoms with E-state index in [1.54, 1.807) is 6.07 Å². The van der Waals surface area contributed by atoms with Gasteiger partial charge in [0.25, 0.3) is 0 Å². The van der Waals surface area contributed by atoms with Crippen molar-refractivity contribution in [1.82, 2.24) is 4.98 Å². The number of hydrogen-bond donors (Lipinski definition) is 2. The SMILES string of the molecule is CC(C)c1cc(NN)c2cc(OC(F)(F)F)ccc2n1. The Morgan fingerprint density at radius 1 is 1.25 bits per heavy atom. The number of benzene rings is 1. The van der Waals surface area contributed by atoms with Crippen molar-refractivity contribution >= 4 is 16.6 Å². The number of pyridine rings is 1. The van der Waals surface area contributed by atoms with E-state index in [4.69, 9.17) is 5.84 Å².